The summed E-state index contributed by atoms with van der Waals surface area (Å²) in [5, 5.41) is 13.7. The van der Waals surface area contributed by atoms with Crippen molar-refractivity contribution in [1.82, 2.24) is 25.3 Å². The molecule has 0 saturated carbocycles. The Balaban J connectivity index is 1.63. The zero-order valence-electron chi connectivity index (χ0n) is 20.8. The van der Waals surface area contributed by atoms with E-state index < -0.39 is 0 Å². The van der Waals surface area contributed by atoms with Crippen molar-refractivity contribution in [3.63, 3.8) is 0 Å². The van der Waals surface area contributed by atoms with Crippen LogP contribution in [0.5, 0.6) is 11.5 Å². The summed E-state index contributed by atoms with van der Waals surface area (Å²) < 4.78 is 13.2. The maximum Gasteiger partial charge on any atom is 0.274 e. The molecule has 0 radical (unpaired) electrons. The molecule has 8 heteroatoms. The summed E-state index contributed by atoms with van der Waals surface area (Å²) in [6, 6.07) is 13.4. The van der Waals surface area contributed by atoms with Crippen molar-refractivity contribution in [2.24, 2.45) is 5.92 Å². The van der Waals surface area contributed by atoms with Crippen LogP contribution in [-0.4, -0.2) is 39.1 Å². The molecular weight excluding hydrogens is 442 g/mol. The molecule has 0 fully saturated rings. The smallest absolute Gasteiger partial charge is 0.274 e. The quantitative estimate of drug-likeness (QED) is 0.366. The van der Waals surface area contributed by atoms with Gasteiger partial charge in [-0.25, -0.2) is 4.68 Å². The van der Waals surface area contributed by atoms with Gasteiger partial charge in [-0.2, -0.15) is 0 Å². The van der Waals surface area contributed by atoms with Crippen molar-refractivity contribution >= 4 is 16.7 Å². The summed E-state index contributed by atoms with van der Waals surface area (Å²) in [6.07, 6.45) is 3.55. The van der Waals surface area contributed by atoms with E-state index in [2.05, 4.69) is 34.5 Å². The lowest BCUT2D eigenvalue weighted by Crippen LogP contribution is -2.32. The highest BCUT2D eigenvalue weighted by Crippen LogP contribution is 2.33. The van der Waals surface area contributed by atoms with Crippen molar-refractivity contribution in [2.75, 3.05) is 13.2 Å². The van der Waals surface area contributed by atoms with Crippen molar-refractivity contribution in [3.8, 4) is 17.2 Å². The Morgan fingerprint density at radius 2 is 1.83 bits per heavy atom. The Labute approximate surface area is 205 Å². The molecular formula is C27H31N5O3. The lowest BCUT2D eigenvalue weighted by atomic mass is 9.95. The molecule has 0 bridgehead atoms. The third-order valence-electron chi connectivity index (χ3n) is 5.88. The molecule has 0 aliphatic rings. The first-order valence-corrected chi connectivity index (χ1v) is 11.9. The highest BCUT2D eigenvalue weighted by Gasteiger charge is 2.25. The topological polar surface area (TPSA) is 91.2 Å². The zero-order chi connectivity index (χ0) is 24.9. The Bertz CT molecular complexity index is 1330. The van der Waals surface area contributed by atoms with Crippen LogP contribution in [0, 0.1) is 12.8 Å². The van der Waals surface area contributed by atoms with Gasteiger partial charge in [-0.1, -0.05) is 37.3 Å². The number of nitrogens with zero attached hydrogens (tertiary/aromatic N) is 4. The van der Waals surface area contributed by atoms with Crippen molar-refractivity contribution < 1.29 is 14.3 Å². The number of ether oxygens (including phenoxy) is 2. The minimum Gasteiger partial charge on any atom is -0.490 e. The third-order valence-corrected chi connectivity index (χ3v) is 5.88. The van der Waals surface area contributed by atoms with Gasteiger partial charge in [-0.3, -0.25) is 9.78 Å². The zero-order valence-corrected chi connectivity index (χ0v) is 20.8. The summed E-state index contributed by atoms with van der Waals surface area (Å²) in [4.78, 5) is 17.5. The van der Waals surface area contributed by atoms with Crippen LogP contribution in [0.1, 0.15) is 55.5 Å². The second-order valence-electron chi connectivity index (χ2n) is 8.58. The van der Waals surface area contributed by atoms with Crippen molar-refractivity contribution in [3.05, 3.63) is 71.8 Å². The number of benzene rings is 2. The van der Waals surface area contributed by atoms with Crippen LogP contribution in [0.4, 0.5) is 0 Å². The van der Waals surface area contributed by atoms with E-state index in [1.807, 2.05) is 63.2 Å². The average Bonchev–Trinajstić information content (AvgIpc) is 3.24. The van der Waals surface area contributed by atoms with Crippen LogP contribution in [0.25, 0.3) is 16.5 Å². The molecule has 1 N–H and O–H groups in total. The van der Waals surface area contributed by atoms with Gasteiger partial charge in [0.1, 0.15) is 0 Å². The van der Waals surface area contributed by atoms with Gasteiger partial charge in [-0.05, 0) is 56.5 Å². The van der Waals surface area contributed by atoms with Gasteiger partial charge in [0.25, 0.3) is 5.91 Å². The van der Waals surface area contributed by atoms with Crippen LogP contribution in [-0.2, 0) is 0 Å². The van der Waals surface area contributed by atoms with E-state index in [1.165, 1.54) is 0 Å². The second-order valence-corrected chi connectivity index (χ2v) is 8.58. The first-order chi connectivity index (χ1) is 16.9. The molecule has 4 rings (SSSR count). The number of rotatable bonds is 9. The van der Waals surface area contributed by atoms with Crippen molar-refractivity contribution in [2.45, 2.75) is 40.7 Å². The van der Waals surface area contributed by atoms with E-state index in [0.717, 1.165) is 22.0 Å². The highest BCUT2D eigenvalue weighted by atomic mass is 16.5. The summed E-state index contributed by atoms with van der Waals surface area (Å²) in [6.45, 7) is 10.9. The molecule has 35 heavy (non-hydrogen) atoms. The number of hydrogen-bond acceptors (Lipinski definition) is 6. The second kappa shape index (κ2) is 10.5. The molecule has 1 unspecified atom stereocenters. The van der Waals surface area contributed by atoms with E-state index in [9.17, 15) is 4.79 Å². The number of pyridine rings is 1. The molecule has 0 aliphatic heterocycles. The monoisotopic (exact) mass is 473 g/mol. The molecule has 8 nitrogen and oxygen atoms in total. The predicted octanol–water partition coefficient (Wildman–Crippen LogP) is 5.05. The fourth-order valence-corrected chi connectivity index (χ4v) is 4.16. The van der Waals surface area contributed by atoms with Crippen LogP contribution in [0.2, 0.25) is 0 Å². The maximum atomic E-state index is 13.3. The third kappa shape index (κ3) is 4.96. The van der Waals surface area contributed by atoms with E-state index in [1.54, 1.807) is 17.1 Å². The normalized spacial score (nSPS) is 12.1. The number of amides is 1. The number of nitrogens with one attached hydrogen (secondary N) is 1. The summed E-state index contributed by atoms with van der Waals surface area (Å²) in [5.41, 5.74) is 2.74. The lowest BCUT2D eigenvalue weighted by Gasteiger charge is -2.24. The largest absolute Gasteiger partial charge is 0.490 e. The van der Waals surface area contributed by atoms with Crippen LogP contribution in [0.15, 0.2) is 54.9 Å². The molecule has 0 spiro atoms. The first-order valence-electron chi connectivity index (χ1n) is 11.9. The maximum absolute atomic E-state index is 13.3. The number of aromatic nitrogens is 4. The van der Waals surface area contributed by atoms with Gasteiger partial charge < -0.3 is 14.8 Å². The van der Waals surface area contributed by atoms with Crippen LogP contribution >= 0.6 is 0 Å². The van der Waals surface area contributed by atoms with Gasteiger partial charge in [0.2, 0.25) is 0 Å². The Morgan fingerprint density at radius 3 is 2.57 bits per heavy atom. The molecule has 2 heterocycles. The number of fused-ring (bicyclic) bond motifs is 1. The Kier molecular flexibility index (Phi) is 7.29. The number of carbonyl (C=O) groups excluding carboxylic acids is 1. The molecule has 1 atom stereocenters. The average molecular weight is 474 g/mol. The predicted molar refractivity (Wildman–Crippen MR) is 135 cm³/mol. The van der Waals surface area contributed by atoms with Crippen LogP contribution < -0.4 is 14.8 Å². The number of hydrogen-bond donors (Lipinski definition) is 1. The molecule has 2 aromatic carbocycles. The Morgan fingerprint density at radius 1 is 1.06 bits per heavy atom. The summed E-state index contributed by atoms with van der Waals surface area (Å²) >= 11 is 0. The highest BCUT2D eigenvalue weighted by molar-refractivity contribution is 5.94. The molecule has 2 aromatic heterocycles. The van der Waals surface area contributed by atoms with Crippen LogP contribution in [0.3, 0.4) is 0 Å². The van der Waals surface area contributed by atoms with E-state index >= 15 is 0 Å². The van der Waals surface area contributed by atoms with E-state index in [4.69, 9.17) is 9.47 Å². The van der Waals surface area contributed by atoms with Gasteiger partial charge in [-0.15, -0.1) is 5.10 Å². The molecule has 1 amide bonds. The fraction of sp³-hybridized carbons (Fsp3) is 0.333. The standard InChI is InChI=1S/C27H31N5O3/c1-6-34-23-12-11-19(15-24(23)35-7-2)25(17(3)4)29-27(33)26-18(5)32(31-30-26)22-10-8-9-20-16-28-14-13-21(20)22/h8-17,25H,6-7H2,1-5H3,(H,29,33). The summed E-state index contributed by atoms with van der Waals surface area (Å²) in [5.74, 6) is 1.21. The lowest BCUT2D eigenvalue weighted by molar-refractivity contribution is 0.0919. The van der Waals surface area contributed by atoms with Gasteiger partial charge in [0.05, 0.1) is 30.6 Å². The first kappa shape index (κ1) is 24.2. The van der Waals surface area contributed by atoms with Gasteiger partial charge in [0, 0.05) is 23.2 Å². The van der Waals surface area contributed by atoms with Crippen molar-refractivity contribution in [1.29, 1.82) is 0 Å². The van der Waals surface area contributed by atoms with Gasteiger partial charge in [0.15, 0.2) is 17.2 Å². The molecule has 0 aliphatic carbocycles. The fourth-order valence-electron chi connectivity index (χ4n) is 4.16. The van der Waals surface area contributed by atoms with Gasteiger partial charge >= 0.3 is 0 Å². The molecule has 4 aromatic rings. The number of carbonyl (C=O) groups is 1. The SMILES string of the molecule is CCOc1ccc(C(NC(=O)c2nnn(-c3cccc4cnccc34)c2C)C(C)C)cc1OCC. The van der Waals surface area contributed by atoms with E-state index in [-0.39, 0.29) is 23.6 Å². The van der Waals surface area contributed by atoms with E-state index in [0.29, 0.717) is 30.4 Å². The molecule has 182 valence electrons. The Hall–Kier alpha value is -3.94. The molecule has 0 saturated heterocycles. The minimum absolute atomic E-state index is 0.132. The summed E-state index contributed by atoms with van der Waals surface area (Å²) in [7, 11) is 0. The minimum atomic E-state index is -0.277.